The Bertz CT molecular complexity index is 451. The van der Waals surface area contributed by atoms with Gasteiger partial charge in [-0.2, -0.15) is 0 Å². The topological polar surface area (TPSA) is 64.4 Å². The highest BCUT2D eigenvalue weighted by Crippen LogP contribution is 2.23. The van der Waals surface area contributed by atoms with E-state index in [1.165, 1.54) is 0 Å². The third-order valence-electron chi connectivity index (χ3n) is 3.10. The number of nitrogens with two attached hydrogens (primary N) is 1. The molecule has 18 heavy (non-hydrogen) atoms. The van der Waals surface area contributed by atoms with Crippen molar-refractivity contribution in [3.8, 4) is 0 Å². The number of ether oxygens (including phenoxy) is 1. The molecule has 1 aliphatic heterocycles. The van der Waals surface area contributed by atoms with Crippen molar-refractivity contribution in [3.05, 3.63) is 28.2 Å². The van der Waals surface area contributed by atoms with Crippen LogP contribution in [0.2, 0.25) is 0 Å². The van der Waals surface area contributed by atoms with E-state index in [9.17, 15) is 4.79 Å². The molecule has 0 aliphatic carbocycles. The maximum atomic E-state index is 12.0. The van der Waals surface area contributed by atoms with Crippen LogP contribution >= 0.6 is 15.9 Å². The van der Waals surface area contributed by atoms with E-state index < -0.39 is 0 Å². The number of anilines is 1. The van der Waals surface area contributed by atoms with Crippen LogP contribution < -0.4 is 11.1 Å². The van der Waals surface area contributed by atoms with Crippen LogP contribution in [0.25, 0.3) is 0 Å². The van der Waals surface area contributed by atoms with Crippen LogP contribution in [-0.2, 0) is 9.53 Å². The van der Waals surface area contributed by atoms with Gasteiger partial charge in [0.05, 0.1) is 6.10 Å². The van der Waals surface area contributed by atoms with E-state index in [-0.39, 0.29) is 18.1 Å². The summed E-state index contributed by atoms with van der Waals surface area (Å²) in [6.07, 6.45) is 1.23. The lowest BCUT2D eigenvalue weighted by atomic mass is 10.2. The molecule has 5 heteroatoms. The minimum Gasteiger partial charge on any atom is -0.364 e. The first kappa shape index (κ1) is 13.5. The molecule has 2 rings (SSSR count). The zero-order chi connectivity index (χ0) is 13.1. The minimum absolute atomic E-state index is 0.0190. The van der Waals surface area contributed by atoms with Crippen molar-refractivity contribution >= 4 is 27.5 Å². The maximum Gasteiger partial charge on any atom is 0.253 e. The Balaban J connectivity index is 1.97. The quantitative estimate of drug-likeness (QED) is 0.899. The molecule has 1 aromatic carbocycles. The Labute approximate surface area is 115 Å². The SMILES string of the molecule is Cc1ccc(NC(=O)[C@@H]2CC[C@H](CN)O2)cc1Br. The monoisotopic (exact) mass is 312 g/mol. The minimum atomic E-state index is -0.376. The number of benzene rings is 1. The maximum absolute atomic E-state index is 12.0. The number of hydrogen-bond acceptors (Lipinski definition) is 3. The second-order valence-electron chi connectivity index (χ2n) is 4.51. The molecule has 0 bridgehead atoms. The van der Waals surface area contributed by atoms with Gasteiger partial charge in [0, 0.05) is 16.7 Å². The third kappa shape index (κ3) is 3.10. The first-order valence-electron chi connectivity index (χ1n) is 6.02. The Kier molecular flexibility index (Phi) is 4.37. The predicted octanol–water partition coefficient (Wildman–Crippen LogP) is 2.20. The number of nitrogens with one attached hydrogen (secondary N) is 1. The second kappa shape index (κ2) is 5.82. The van der Waals surface area contributed by atoms with E-state index in [0.29, 0.717) is 6.54 Å². The van der Waals surface area contributed by atoms with Crippen molar-refractivity contribution in [1.29, 1.82) is 0 Å². The number of carbonyl (C=O) groups is 1. The molecule has 3 N–H and O–H groups in total. The van der Waals surface area contributed by atoms with Crippen LogP contribution in [0.3, 0.4) is 0 Å². The van der Waals surface area contributed by atoms with Crippen molar-refractivity contribution in [1.82, 2.24) is 0 Å². The average molecular weight is 313 g/mol. The summed E-state index contributed by atoms with van der Waals surface area (Å²) >= 11 is 3.44. The lowest BCUT2D eigenvalue weighted by Gasteiger charge is -2.13. The Morgan fingerprint density at radius 3 is 2.94 bits per heavy atom. The molecule has 98 valence electrons. The normalized spacial score (nSPS) is 23.1. The second-order valence-corrected chi connectivity index (χ2v) is 5.37. The first-order valence-corrected chi connectivity index (χ1v) is 6.82. The van der Waals surface area contributed by atoms with Crippen LogP contribution in [0.1, 0.15) is 18.4 Å². The zero-order valence-corrected chi connectivity index (χ0v) is 11.9. The highest BCUT2D eigenvalue weighted by molar-refractivity contribution is 9.10. The number of rotatable bonds is 3. The van der Waals surface area contributed by atoms with E-state index in [0.717, 1.165) is 28.6 Å². The van der Waals surface area contributed by atoms with Gasteiger partial charge in [0.15, 0.2) is 0 Å². The average Bonchev–Trinajstić information content (AvgIpc) is 2.82. The Morgan fingerprint density at radius 1 is 1.56 bits per heavy atom. The highest BCUT2D eigenvalue weighted by Gasteiger charge is 2.29. The smallest absolute Gasteiger partial charge is 0.253 e. The van der Waals surface area contributed by atoms with Gasteiger partial charge in [-0.05, 0) is 37.5 Å². The highest BCUT2D eigenvalue weighted by atomic mass is 79.9. The Morgan fingerprint density at radius 2 is 2.33 bits per heavy atom. The van der Waals surface area contributed by atoms with Gasteiger partial charge in [-0.1, -0.05) is 22.0 Å². The van der Waals surface area contributed by atoms with Crippen LogP contribution in [0.4, 0.5) is 5.69 Å². The molecule has 4 nitrogen and oxygen atoms in total. The first-order chi connectivity index (χ1) is 8.60. The number of halogens is 1. The molecule has 1 aromatic rings. The summed E-state index contributed by atoms with van der Waals surface area (Å²) in [6, 6.07) is 5.73. The fraction of sp³-hybridized carbons (Fsp3) is 0.462. The predicted molar refractivity (Wildman–Crippen MR) is 74.5 cm³/mol. The van der Waals surface area contributed by atoms with Gasteiger partial charge in [0.2, 0.25) is 0 Å². The summed E-state index contributed by atoms with van der Waals surface area (Å²) in [4.78, 5) is 12.0. The summed E-state index contributed by atoms with van der Waals surface area (Å²) in [7, 11) is 0. The van der Waals surface area contributed by atoms with E-state index in [1.807, 2.05) is 25.1 Å². The lowest BCUT2D eigenvalue weighted by molar-refractivity contribution is -0.126. The van der Waals surface area contributed by atoms with E-state index in [4.69, 9.17) is 10.5 Å². The lowest BCUT2D eigenvalue weighted by Crippen LogP contribution is -2.29. The van der Waals surface area contributed by atoms with Crippen molar-refractivity contribution in [2.24, 2.45) is 5.73 Å². The number of hydrogen-bond donors (Lipinski definition) is 2. The molecule has 1 fully saturated rings. The van der Waals surface area contributed by atoms with Gasteiger partial charge in [0.25, 0.3) is 5.91 Å². The number of aryl methyl sites for hydroxylation is 1. The van der Waals surface area contributed by atoms with Crippen molar-refractivity contribution in [3.63, 3.8) is 0 Å². The van der Waals surface area contributed by atoms with Crippen molar-refractivity contribution in [2.75, 3.05) is 11.9 Å². The van der Waals surface area contributed by atoms with Crippen LogP contribution in [0, 0.1) is 6.92 Å². The van der Waals surface area contributed by atoms with Gasteiger partial charge in [0.1, 0.15) is 6.10 Å². The molecule has 0 radical (unpaired) electrons. The van der Waals surface area contributed by atoms with Crippen LogP contribution in [0.15, 0.2) is 22.7 Å². The molecule has 0 saturated carbocycles. The van der Waals surface area contributed by atoms with Gasteiger partial charge >= 0.3 is 0 Å². The molecular weight excluding hydrogens is 296 g/mol. The van der Waals surface area contributed by atoms with E-state index in [2.05, 4.69) is 21.2 Å². The summed E-state index contributed by atoms with van der Waals surface area (Å²) in [5.41, 5.74) is 7.43. The summed E-state index contributed by atoms with van der Waals surface area (Å²) in [5, 5.41) is 2.86. The number of amides is 1. The van der Waals surface area contributed by atoms with Gasteiger partial charge in [-0.25, -0.2) is 0 Å². The molecule has 1 saturated heterocycles. The fourth-order valence-electron chi connectivity index (χ4n) is 1.97. The Hall–Kier alpha value is -0.910. The molecule has 1 aliphatic rings. The fourth-order valence-corrected chi connectivity index (χ4v) is 2.34. The number of carbonyl (C=O) groups excluding carboxylic acids is 1. The summed E-state index contributed by atoms with van der Waals surface area (Å²) in [5.74, 6) is -0.0956. The molecular formula is C13H17BrN2O2. The molecule has 0 spiro atoms. The van der Waals surface area contributed by atoms with Gasteiger partial charge in [-0.3, -0.25) is 4.79 Å². The van der Waals surface area contributed by atoms with E-state index in [1.54, 1.807) is 0 Å². The van der Waals surface area contributed by atoms with Crippen molar-refractivity contribution in [2.45, 2.75) is 32.0 Å². The molecule has 1 amide bonds. The van der Waals surface area contributed by atoms with Gasteiger partial charge < -0.3 is 15.8 Å². The van der Waals surface area contributed by atoms with Crippen LogP contribution in [0.5, 0.6) is 0 Å². The molecule has 2 atom stereocenters. The summed E-state index contributed by atoms with van der Waals surface area (Å²) in [6.45, 7) is 2.47. The van der Waals surface area contributed by atoms with Crippen molar-refractivity contribution < 1.29 is 9.53 Å². The standard InChI is InChI=1S/C13H17BrN2O2/c1-8-2-3-9(6-11(8)14)16-13(17)12-5-4-10(7-15)18-12/h2-3,6,10,12H,4-5,7,15H2,1H3,(H,16,17)/t10-,12+/m1/s1. The zero-order valence-electron chi connectivity index (χ0n) is 10.3. The molecule has 0 unspecified atom stereocenters. The molecule has 0 aromatic heterocycles. The molecule has 1 heterocycles. The third-order valence-corrected chi connectivity index (χ3v) is 3.96. The van der Waals surface area contributed by atoms with Crippen LogP contribution in [-0.4, -0.2) is 24.7 Å². The largest absolute Gasteiger partial charge is 0.364 e. The summed E-state index contributed by atoms with van der Waals surface area (Å²) < 4.78 is 6.53. The van der Waals surface area contributed by atoms with E-state index >= 15 is 0 Å². The van der Waals surface area contributed by atoms with Gasteiger partial charge in [-0.15, -0.1) is 0 Å².